The number of aromatic amines is 1. The molecular formula is C10H10N2O2. The summed E-state index contributed by atoms with van der Waals surface area (Å²) < 4.78 is 1.38. The van der Waals surface area contributed by atoms with E-state index in [-0.39, 0.29) is 0 Å². The summed E-state index contributed by atoms with van der Waals surface area (Å²) in [5, 5.41) is 0. The van der Waals surface area contributed by atoms with Crippen molar-refractivity contribution in [2.45, 2.75) is 6.92 Å². The maximum atomic E-state index is 11.4. The standard InChI is InChI=1S/C10H10N2O2/c1-6-4-3-5-7-8(6)12(2)10(14)9(13)11-7/h3-5H,1-2H3,(H,11,13). The first-order valence-electron chi connectivity index (χ1n) is 4.30. The van der Waals surface area contributed by atoms with Crippen molar-refractivity contribution in [2.75, 3.05) is 0 Å². The van der Waals surface area contributed by atoms with E-state index >= 15 is 0 Å². The van der Waals surface area contributed by atoms with Gasteiger partial charge in [0, 0.05) is 7.05 Å². The van der Waals surface area contributed by atoms with E-state index in [0.717, 1.165) is 11.1 Å². The molecule has 1 aromatic carbocycles. The number of nitrogens with zero attached hydrogens (tertiary/aromatic N) is 1. The molecule has 0 aliphatic rings. The predicted octanol–water partition coefficient (Wildman–Crippen LogP) is 0.535. The molecule has 0 saturated carbocycles. The molecule has 0 unspecified atom stereocenters. The third-order valence-electron chi connectivity index (χ3n) is 2.32. The Balaban J connectivity index is 3.15. The number of aromatic nitrogens is 2. The van der Waals surface area contributed by atoms with E-state index < -0.39 is 11.1 Å². The van der Waals surface area contributed by atoms with Gasteiger partial charge in [0.15, 0.2) is 0 Å². The van der Waals surface area contributed by atoms with Crippen LogP contribution in [0.3, 0.4) is 0 Å². The summed E-state index contributed by atoms with van der Waals surface area (Å²) in [4.78, 5) is 25.1. The molecule has 0 radical (unpaired) electrons. The molecule has 4 nitrogen and oxygen atoms in total. The summed E-state index contributed by atoms with van der Waals surface area (Å²) in [6, 6.07) is 5.53. The first kappa shape index (κ1) is 8.74. The smallest absolute Gasteiger partial charge is 0.316 e. The van der Waals surface area contributed by atoms with Gasteiger partial charge in [0.05, 0.1) is 11.0 Å². The van der Waals surface area contributed by atoms with Crippen molar-refractivity contribution in [3.05, 3.63) is 44.5 Å². The lowest BCUT2D eigenvalue weighted by Crippen LogP contribution is -2.35. The van der Waals surface area contributed by atoms with Gasteiger partial charge in [-0.2, -0.15) is 0 Å². The SMILES string of the molecule is Cc1cccc2[nH]c(=O)c(=O)n(C)c12. The van der Waals surface area contributed by atoms with Crippen LogP contribution in [-0.2, 0) is 7.05 Å². The van der Waals surface area contributed by atoms with E-state index in [2.05, 4.69) is 4.98 Å². The number of para-hydroxylation sites is 1. The number of rotatable bonds is 0. The van der Waals surface area contributed by atoms with Gasteiger partial charge in [-0.1, -0.05) is 12.1 Å². The highest BCUT2D eigenvalue weighted by atomic mass is 16.2. The second kappa shape index (κ2) is 2.83. The van der Waals surface area contributed by atoms with E-state index in [4.69, 9.17) is 0 Å². The number of benzene rings is 1. The van der Waals surface area contributed by atoms with Crippen molar-refractivity contribution in [3.63, 3.8) is 0 Å². The second-order valence-electron chi connectivity index (χ2n) is 3.29. The maximum Gasteiger partial charge on any atom is 0.316 e. The van der Waals surface area contributed by atoms with Gasteiger partial charge >= 0.3 is 11.1 Å². The van der Waals surface area contributed by atoms with Crippen LogP contribution in [0.4, 0.5) is 0 Å². The summed E-state index contributed by atoms with van der Waals surface area (Å²) in [5.41, 5.74) is 1.34. The van der Waals surface area contributed by atoms with Gasteiger partial charge in [0.2, 0.25) is 0 Å². The average molecular weight is 190 g/mol. The Morgan fingerprint density at radius 3 is 2.71 bits per heavy atom. The van der Waals surface area contributed by atoms with Gasteiger partial charge in [-0.05, 0) is 18.6 Å². The van der Waals surface area contributed by atoms with Crippen LogP contribution in [0.1, 0.15) is 5.56 Å². The molecule has 0 fully saturated rings. The van der Waals surface area contributed by atoms with Crippen molar-refractivity contribution in [3.8, 4) is 0 Å². The Bertz CT molecular complexity index is 608. The topological polar surface area (TPSA) is 54.9 Å². The maximum absolute atomic E-state index is 11.4. The van der Waals surface area contributed by atoms with Gasteiger partial charge in [-0.3, -0.25) is 9.59 Å². The molecule has 4 heteroatoms. The molecule has 0 amide bonds. The first-order valence-corrected chi connectivity index (χ1v) is 4.30. The number of nitrogens with one attached hydrogen (secondary N) is 1. The minimum atomic E-state index is -0.578. The van der Waals surface area contributed by atoms with Crippen LogP contribution in [0, 0.1) is 6.92 Å². The van der Waals surface area contributed by atoms with E-state index in [1.807, 2.05) is 19.1 Å². The van der Waals surface area contributed by atoms with E-state index in [0.29, 0.717) is 5.52 Å². The number of hydrogen-bond donors (Lipinski definition) is 1. The summed E-state index contributed by atoms with van der Waals surface area (Å²) in [5.74, 6) is 0. The van der Waals surface area contributed by atoms with Crippen LogP contribution in [0.15, 0.2) is 27.8 Å². The van der Waals surface area contributed by atoms with Crippen molar-refractivity contribution >= 4 is 11.0 Å². The summed E-state index contributed by atoms with van der Waals surface area (Å²) >= 11 is 0. The molecule has 0 atom stereocenters. The van der Waals surface area contributed by atoms with Gasteiger partial charge in [-0.15, -0.1) is 0 Å². The zero-order valence-electron chi connectivity index (χ0n) is 8.00. The zero-order chi connectivity index (χ0) is 10.3. The number of hydrogen-bond acceptors (Lipinski definition) is 2. The van der Waals surface area contributed by atoms with Gasteiger partial charge < -0.3 is 9.55 Å². The minimum Gasteiger partial charge on any atom is -0.316 e. The van der Waals surface area contributed by atoms with Crippen molar-refractivity contribution in [1.82, 2.24) is 9.55 Å². The first-order chi connectivity index (χ1) is 6.61. The molecule has 0 saturated heterocycles. The lowest BCUT2D eigenvalue weighted by molar-refractivity contribution is 0.870. The van der Waals surface area contributed by atoms with Crippen LogP contribution < -0.4 is 11.1 Å². The molecule has 0 spiro atoms. The Kier molecular flexibility index (Phi) is 1.77. The highest BCUT2D eigenvalue weighted by Crippen LogP contribution is 2.11. The van der Waals surface area contributed by atoms with Gasteiger partial charge in [-0.25, -0.2) is 0 Å². The lowest BCUT2D eigenvalue weighted by Gasteiger charge is -2.05. The minimum absolute atomic E-state index is 0.521. The molecule has 0 bridgehead atoms. The molecular weight excluding hydrogens is 180 g/mol. The summed E-state index contributed by atoms with van der Waals surface area (Å²) in [6.45, 7) is 1.90. The molecule has 2 aromatic rings. The molecule has 1 aromatic heterocycles. The molecule has 14 heavy (non-hydrogen) atoms. The summed E-state index contributed by atoms with van der Waals surface area (Å²) in [6.07, 6.45) is 0. The van der Waals surface area contributed by atoms with Crippen molar-refractivity contribution < 1.29 is 0 Å². The fraction of sp³-hybridized carbons (Fsp3) is 0.200. The molecule has 0 aliphatic carbocycles. The monoisotopic (exact) mass is 190 g/mol. The normalized spacial score (nSPS) is 10.7. The average Bonchev–Trinajstić information content (AvgIpc) is 2.14. The number of fused-ring (bicyclic) bond motifs is 1. The second-order valence-corrected chi connectivity index (χ2v) is 3.29. The third kappa shape index (κ3) is 1.08. The molecule has 2 rings (SSSR count). The fourth-order valence-corrected chi connectivity index (χ4v) is 1.63. The predicted molar refractivity (Wildman–Crippen MR) is 54.5 cm³/mol. The lowest BCUT2D eigenvalue weighted by atomic mass is 10.2. The number of H-pyrrole nitrogens is 1. The Hall–Kier alpha value is -1.84. The van der Waals surface area contributed by atoms with Crippen LogP contribution in [-0.4, -0.2) is 9.55 Å². The molecule has 72 valence electrons. The zero-order valence-corrected chi connectivity index (χ0v) is 8.00. The third-order valence-corrected chi connectivity index (χ3v) is 2.32. The molecule has 0 aliphatic heterocycles. The number of aryl methyl sites for hydroxylation is 2. The van der Waals surface area contributed by atoms with Crippen LogP contribution in [0.25, 0.3) is 11.0 Å². The quantitative estimate of drug-likeness (QED) is 0.616. The Morgan fingerprint density at radius 1 is 1.29 bits per heavy atom. The van der Waals surface area contributed by atoms with Crippen LogP contribution >= 0.6 is 0 Å². The van der Waals surface area contributed by atoms with E-state index in [1.165, 1.54) is 4.57 Å². The van der Waals surface area contributed by atoms with E-state index in [1.54, 1.807) is 13.1 Å². The van der Waals surface area contributed by atoms with Gasteiger partial charge in [0.25, 0.3) is 0 Å². The van der Waals surface area contributed by atoms with Crippen molar-refractivity contribution in [2.24, 2.45) is 7.05 Å². The molecule has 1 heterocycles. The highest BCUT2D eigenvalue weighted by molar-refractivity contribution is 5.77. The fourth-order valence-electron chi connectivity index (χ4n) is 1.63. The van der Waals surface area contributed by atoms with Gasteiger partial charge in [0.1, 0.15) is 0 Å². The van der Waals surface area contributed by atoms with Crippen molar-refractivity contribution in [1.29, 1.82) is 0 Å². The molecule has 1 N–H and O–H groups in total. The van der Waals surface area contributed by atoms with Crippen LogP contribution in [0.5, 0.6) is 0 Å². The Morgan fingerprint density at radius 2 is 2.00 bits per heavy atom. The Labute approximate surface area is 79.8 Å². The van der Waals surface area contributed by atoms with Crippen LogP contribution in [0.2, 0.25) is 0 Å². The largest absolute Gasteiger partial charge is 0.316 e. The summed E-state index contributed by atoms with van der Waals surface area (Å²) in [7, 11) is 1.60. The highest BCUT2D eigenvalue weighted by Gasteiger charge is 2.04. The van der Waals surface area contributed by atoms with E-state index in [9.17, 15) is 9.59 Å².